The van der Waals surface area contributed by atoms with Crippen molar-refractivity contribution in [1.82, 2.24) is 20.6 Å². The van der Waals surface area contributed by atoms with Gasteiger partial charge in [-0.05, 0) is 26.7 Å². The van der Waals surface area contributed by atoms with E-state index in [9.17, 15) is 4.79 Å². The van der Waals surface area contributed by atoms with Crippen LogP contribution in [-0.2, 0) is 9.53 Å². The normalized spacial score (nSPS) is 21.0. The van der Waals surface area contributed by atoms with Crippen molar-refractivity contribution in [3.63, 3.8) is 0 Å². The van der Waals surface area contributed by atoms with E-state index in [1.807, 2.05) is 19.9 Å². The minimum Gasteiger partial charge on any atom is -0.366 e. The smallest absolute Gasteiger partial charge is 0.250 e. The summed E-state index contributed by atoms with van der Waals surface area (Å²) in [5.41, 5.74) is 0.991. The number of aromatic nitrogens is 2. The van der Waals surface area contributed by atoms with Gasteiger partial charge in [-0.25, -0.2) is 9.97 Å². The lowest BCUT2D eigenvalue weighted by Gasteiger charge is -2.34. The first-order valence-electron chi connectivity index (χ1n) is 8.32. The Morgan fingerprint density at radius 3 is 2.60 bits per heavy atom. The van der Waals surface area contributed by atoms with Crippen molar-refractivity contribution in [3.05, 3.63) is 17.6 Å². The number of anilines is 1. The largest absolute Gasteiger partial charge is 0.366 e. The predicted octanol–water partition coefficient (Wildman–Crippen LogP) is 1.01. The van der Waals surface area contributed by atoms with E-state index in [-0.39, 0.29) is 42.9 Å². The Morgan fingerprint density at radius 1 is 1.28 bits per heavy atom. The molecule has 0 radical (unpaired) electrons. The standard InChI is InChI=1S/C16H25N5O2.2ClH/c1-11-9-15(19-12(2)18-11)21-6-3-13(4-7-21)20-16(22)14-10-17-5-8-23-14;;/h9,13-14,17H,3-8,10H2,1-2H3,(H,20,22);2*1H. The molecule has 1 unspecified atom stereocenters. The first-order chi connectivity index (χ1) is 11.1. The highest BCUT2D eigenvalue weighted by Crippen LogP contribution is 2.19. The molecule has 1 aromatic rings. The van der Waals surface area contributed by atoms with Crippen molar-refractivity contribution in [2.75, 3.05) is 37.7 Å². The summed E-state index contributed by atoms with van der Waals surface area (Å²) in [6.07, 6.45) is 1.50. The van der Waals surface area contributed by atoms with Gasteiger partial charge in [0.15, 0.2) is 0 Å². The number of rotatable bonds is 3. The number of morpholine rings is 1. The molecule has 1 amide bonds. The monoisotopic (exact) mass is 391 g/mol. The molecule has 2 aliphatic rings. The summed E-state index contributed by atoms with van der Waals surface area (Å²) in [7, 11) is 0. The summed E-state index contributed by atoms with van der Waals surface area (Å²) in [4.78, 5) is 23.3. The third kappa shape index (κ3) is 5.95. The molecule has 3 heterocycles. The van der Waals surface area contributed by atoms with Gasteiger partial charge >= 0.3 is 0 Å². The average Bonchev–Trinajstić information content (AvgIpc) is 2.55. The van der Waals surface area contributed by atoms with Crippen molar-refractivity contribution in [3.8, 4) is 0 Å². The van der Waals surface area contributed by atoms with Gasteiger partial charge < -0.3 is 20.3 Å². The number of hydrogen-bond acceptors (Lipinski definition) is 6. The summed E-state index contributed by atoms with van der Waals surface area (Å²) >= 11 is 0. The maximum atomic E-state index is 12.2. The van der Waals surface area contributed by atoms with Crippen LogP contribution in [0.5, 0.6) is 0 Å². The summed E-state index contributed by atoms with van der Waals surface area (Å²) in [5, 5.41) is 6.30. The van der Waals surface area contributed by atoms with Crippen molar-refractivity contribution in [2.24, 2.45) is 0 Å². The molecule has 0 bridgehead atoms. The number of nitrogens with one attached hydrogen (secondary N) is 2. The van der Waals surface area contributed by atoms with Gasteiger partial charge in [0.25, 0.3) is 5.91 Å². The summed E-state index contributed by atoms with van der Waals surface area (Å²) in [6, 6.07) is 2.24. The molecular weight excluding hydrogens is 365 g/mol. The molecule has 0 aromatic carbocycles. The highest BCUT2D eigenvalue weighted by molar-refractivity contribution is 5.85. The quantitative estimate of drug-likeness (QED) is 0.800. The number of carbonyl (C=O) groups excluding carboxylic acids is 1. The molecule has 2 aliphatic heterocycles. The van der Waals surface area contributed by atoms with E-state index < -0.39 is 0 Å². The number of amides is 1. The van der Waals surface area contributed by atoms with Crippen LogP contribution in [0.25, 0.3) is 0 Å². The molecule has 1 atom stereocenters. The van der Waals surface area contributed by atoms with Crippen LogP contribution in [-0.4, -0.2) is 60.8 Å². The number of halogens is 2. The lowest BCUT2D eigenvalue weighted by Crippen LogP contribution is -2.52. The van der Waals surface area contributed by atoms with E-state index in [0.29, 0.717) is 13.2 Å². The van der Waals surface area contributed by atoms with E-state index in [1.165, 1.54) is 0 Å². The Bertz CT molecular complexity index is 541. The van der Waals surface area contributed by atoms with Crippen molar-refractivity contribution >= 4 is 36.5 Å². The molecule has 9 heteroatoms. The second-order valence-electron chi connectivity index (χ2n) is 6.25. The maximum absolute atomic E-state index is 12.2. The van der Waals surface area contributed by atoms with Gasteiger partial charge in [-0.3, -0.25) is 4.79 Å². The average molecular weight is 392 g/mol. The third-order valence-corrected chi connectivity index (χ3v) is 4.34. The number of carbonyl (C=O) groups is 1. The van der Waals surface area contributed by atoms with E-state index >= 15 is 0 Å². The Balaban J connectivity index is 0.00000156. The first kappa shape index (κ1) is 21.9. The van der Waals surface area contributed by atoms with Gasteiger partial charge in [0.2, 0.25) is 0 Å². The molecule has 142 valence electrons. The van der Waals surface area contributed by atoms with Crippen LogP contribution in [0, 0.1) is 13.8 Å². The molecule has 0 saturated carbocycles. The summed E-state index contributed by atoms with van der Waals surface area (Å²) < 4.78 is 5.50. The minimum atomic E-state index is -0.353. The van der Waals surface area contributed by atoms with Gasteiger partial charge in [0.05, 0.1) is 6.61 Å². The molecule has 1 aromatic heterocycles. The topological polar surface area (TPSA) is 79.4 Å². The van der Waals surface area contributed by atoms with E-state index in [4.69, 9.17) is 4.74 Å². The van der Waals surface area contributed by atoms with E-state index in [2.05, 4.69) is 25.5 Å². The Hall–Kier alpha value is -1.15. The van der Waals surface area contributed by atoms with Gasteiger partial charge in [0.1, 0.15) is 17.7 Å². The maximum Gasteiger partial charge on any atom is 0.250 e. The van der Waals surface area contributed by atoms with E-state index in [0.717, 1.165) is 49.8 Å². The van der Waals surface area contributed by atoms with Crippen molar-refractivity contribution < 1.29 is 9.53 Å². The molecule has 2 saturated heterocycles. The van der Waals surface area contributed by atoms with Gasteiger partial charge in [0, 0.05) is 44.0 Å². The highest BCUT2D eigenvalue weighted by Gasteiger charge is 2.26. The molecule has 7 nitrogen and oxygen atoms in total. The third-order valence-electron chi connectivity index (χ3n) is 4.34. The molecule has 25 heavy (non-hydrogen) atoms. The number of aryl methyl sites for hydroxylation is 2. The molecule has 2 fully saturated rings. The van der Waals surface area contributed by atoms with Crippen LogP contribution in [0.4, 0.5) is 5.82 Å². The number of nitrogens with zero attached hydrogens (tertiary/aromatic N) is 3. The molecule has 3 rings (SSSR count). The molecule has 0 spiro atoms. The van der Waals surface area contributed by atoms with Crippen LogP contribution in [0.15, 0.2) is 6.07 Å². The Kier molecular flexibility index (Phi) is 8.85. The number of piperidine rings is 1. The van der Waals surface area contributed by atoms with Crippen LogP contribution >= 0.6 is 24.8 Å². The van der Waals surface area contributed by atoms with Gasteiger partial charge in [-0.1, -0.05) is 0 Å². The number of hydrogen-bond donors (Lipinski definition) is 2. The van der Waals surface area contributed by atoms with Crippen LogP contribution < -0.4 is 15.5 Å². The van der Waals surface area contributed by atoms with Gasteiger partial charge in [-0.2, -0.15) is 0 Å². The first-order valence-corrected chi connectivity index (χ1v) is 8.32. The van der Waals surface area contributed by atoms with Crippen LogP contribution in [0.1, 0.15) is 24.4 Å². The minimum absolute atomic E-state index is 0. The second kappa shape index (κ2) is 10.1. The zero-order valence-corrected chi connectivity index (χ0v) is 16.3. The fourth-order valence-electron chi connectivity index (χ4n) is 3.14. The zero-order valence-electron chi connectivity index (χ0n) is 14.7. The van der Waals surface area contributed by atoms with Crippen molar-refractivity contribution in [2.45, 2.75) is 38.8 Å². The Labute approximate surface area is 161 Å². The lowest BCUT2D eigenvalue weighted by molar-refractivity contribution is -0.135. The summed E-state index contributed by atoms with van der Waals surface area (Å²) in [5.74, 6) is 1.79. The SMILES string of the molecule is Cc1cc(N2CCC(NC(=O)C3CNCCO3)CC2)nc(C)n1.Cl.Cl. The highest BCUT2D eigenvalue weighted by atomic mass is 35.5. The van der Waals surface area contributed by atoms with Gasteiger partial charge in [-0.15, -0.1) is 24.8 Å². The fourth-order valence-corrected chi connectivity index (χ4v) is 3.14. The van der Waals surface area contributed by atoms with E-state index in [1.54, 1.807) is 0 Å². The predicted molar refractivity (Wildman–Crippen MR) is 102 cm³/mol. The lowest BCUT2D eigenvalue weighted by atomic mass is 10.0. The van der Waals surface area contributed by atoms with Crippen molar-refractivity contribution in [1.29, 1.82) is 0 Å². The Morgan fingerprint density at radius 2 is 2.00 bits per heavy atom. The molecular formula is C16H27Cl2N5O2. The summed E-state index contributed by atoms with van der Waals surface area (Å²) in [6.45, 7) is 7.72. The zero-order chi connectivity index (χ0) is 16.2. The fraction of sp³-hybridized carbons (Fsp3) is 0.688. The number of ether oxygens (including phenoxy) is 1. The molecule has 2 N–H and O–H groups in total. The van der Waals surface area contributed by atoms with Crippen LogP contribution in [0.2, 0.25) is 0 Å². The second-order valence-corrected chi connectivity index (χ2v) is 6.25. The van der Waals surface area contributed by atoms with Crippen LogP contribution in [0.3, 0.4) is 0 Å². The molecule has 0 aliphatic carbocycles.